The monoisotopic (exact) mass is 325 g/mol. The van der Waals surface area contributed by atoms with Crippen molar-refractivity contribution >= 4 is 24.0 Å². The van der Waals surface area contributed by atoms with E-state index >= 15 is 0 Å². The molecule has 1 heterocycles. The lowest BCUT2D eigenvalue weighted by Crippen LogP contribution is -2.34. The number of hydrogen-bond acceptors (Lipinski definition) is 6. The van der Waals surface area contributed by atoms with Crippen molar-refractivity contribution in [2.24, 2.45) is 5.10 Å². The van der Waals surface area contributed by atoms with Crippen molar-refractivity contribution in [3.05, 3.63) is 65.5 Å². The highest BCUT2D eigenvalue weighted by molar-refractivity contribution is 5.96. The first-order valence-corrected chi connectivity index (χ1v) is 6.88. The quantitative estimate of drug-likeness (QED) is 0.538. The number of rotatable bonds is 6. The highest BCUT2D eigenvalue weighted by atomic mass is 16.4. The SMILES string of the molecule is O=C(CNC(=O)c1ccncc1)N/N=C\c1ccc(C(=O)[O-])cc1. The second kappa shape index (κ2) is 8.18. The average Bonchev–Trinajstić information content (AvgIpc) is 2.61. The number of aromatic nitrogens is 1. The molecule has 0 spiro atoms. The van der Waals surface area contributed by atoms with E-state index in [1.165, 1.54) is 55.0 Å². The molecule has 1 aromatic heterocycles. The molecule has 2 N–H and O–H groups in total. The Labute approximate surface area is 137 Å². The maximum Gasteiger partial charge on any atom is 0.259 e. The molecule has 0 radical (unpaired) electrons. The molecule has 2 aromatic rings. The third-order valence-corrected chi connectivity index (χ3v) is 2.90. The summed E-state index contributed by atoms with van der Waals surface area (Å²) in [4.78, 5) is 37.7. The fraction of sp³-hybridized carbons (Fsp3) is 0.0625. The molecule has 0 aliphatic carbocycles. The fourth-order valence-electron chi connectivity index (χ4n) is 1.69. The minimum absolute atomic E-state index is 0.0509. The molecule has 0 aliphatic rings. The zero-order valence-corrected chi connectivity index (χ0v) is 12.4. The smallest absolute Gasteiger partial charge is 0.259 e. The van der Waals surface area contributed by atoms with Crippen LogP contribution in [0.5, 0.6) is 0 Å². The van der Waals surface area contributed by atoms with E-state index < -0.39 is 17.8 Å². The number of benzene rings is 1. The Morgan fingerprint density at radius 1 is 1.04 bits per heavy atom. The number of carbonyl (C=O) groups excluding carboxylic acids is 3. The molecular formula is C16H13N4O4-. The Kier molecular flexibility index (Phi) is 5.73. The van der Waals surface area contributed by atoms with Crippen molar-refractivity contribution in [2.45, 2.75) is 0 Å². The van der Waals surface area contributed by atoms with Crippen LogP contribution in [0.25, 0.3) is 0 Å². The number of amides is 2. The number of hydrazone groups is 1. The lowest BCUT2D eigenvalue weighted by atomic mass is 10.1. The highest BCUT2D eigenvalue weighted by Crippen LogP contribution is 2.01. The first-order valence-electron chi connectivity index (χ1n) is 6.88. The van der Waals surface area contributed by atoms with E-state index in [0.717, 1.165) is 0 Å². The maximum absolute atomic E-state index is 11.7. The molecular weight excluding hydrogens is 312 g/mol. The van der Waals surface area contributed by atoms with E-state index in [0.29, 0.717) is 11.1 Å². The molecule has 2 rings (SSSR count). The van der Waals surface area contributed by atoms with E-state index in [1.54, 1.807) is 0 Å². The van der Waals surface area contributed by atoms with Crippen LogP contribution in [0, 0.1) is 0 Å². The van der Waals surface area contributed by atoms with Gasteiger partial charge in [-0.25, -0.2) is 5.43 Å². The summed E-state index contributed by atoms with van der Waals surface area (Å²) in [7, 11) is 0. The van der Waals surface area contributed by atoms with Gasteiger partial charge in [0.25, 0.3) is 11.8 Å². The van der Waals surface area contributed by atoms with Crippen LogP contribution in [0.3, 0.4) is 0 Å². The van der Waals surface area contributed by atoms with Crippen LogP contribution in [-0.4, -0.2) is 35.5 Å². The Hall–Kier alpha value is -3.55. The van der Waals surface area contributed by atoms with E-state index in [9.17, 15) is 19.5 Å². The zero-order valence-electron chi connectivity index (χ0n) is 12.4. The molecule has 0 unspecified atom stereocenters. The molecule has 0 bridgehead atoms. The lowest BCUT2D eigenvalue weighted by molar-refractivity contribution is -0.255. The van der Waals surface area contributed by atoms with Gasteiger partial charge in [-0.2, -0.15) is 5.10 Å². The lowest BCUT2D eigenvalue weighted by Gasteiger charge is -2.04. The molecule has 2 amide bonds. The van der Waals surface area contributed by atoms with Gasteiger partial charge in [0.2, 0.25) is 0 Å². The third kappa shape index (κ3) is 5.02. The molecule has 122 valence electrons. The first kappa shape index (κ1) is 16.8. The predicted molar refractivity (Wildman–Crippen MR) is 83.1 cm³/mol. The van der Waals surface area contributed by atoms with Gasteiger partial charge in [0.05, 0.1) is 18.7 Å². The van der Waals surface area contributed by atoms with Crippen molar-refractivity contribution in [2.75, 3.05) is 6.54 Å². The zero-order chi connectivity index (χ0) is 17.4. The van der Waals surface area contributed by atoms with Crippen LogP contribution in [0.2, 0.25) is 0 Å². The normalized spacial score (nSPS) is 10.3. The largest absolute Gasteiger partial charge is 0.545 e. The first-order chi connectivity index (χ1) is 11.6. The van der Waals surface area contributed by atoms with Gasteiger partial charge in [-0.1, -0.05) is 24.3 Å². The standard InChI is InChI=1S/C16H14N4O4/c21-14(10-18-15(22)12-5-7-17-8-6-12)20-19-9-11-1-3-13(4-2-11)16(23)24/h1-9H,10H2,(H,18,22)(H,20,21)(H,23,24)/p-1/b19-9-. The highest BCUT2D eigenvalue weighted by Gasteiger charge is 2.06. The molecule has 0 aliphatic heterocycles. The molecule has 0 fully saturated rings. The van der Waals surface area contributed by atoms with E-state index in [1.807, 2.05) is 0 Å². The number of aromatic carboxylic acids is 1. The Morgan fingerprint density at radius 2 is 1.71 bits per heavy atom. The number of hydrogen-bond donors (Lipinski definition) is 2. The summed E-state index contributed by atoms with van der Waals surface area (Å²) in [6.07, 6.45) is 4.30. The van der Waals surface area contributed by atoms with Crippen LogP contribution in [-0.2, 0) is 4.79 Å². The summed E-state index contributed by atoms with van der Waals surface area (Å²) >= 11 is 0. The fourth-order valence-corrected chi connectivity index (χ4v) is 1.69. The number of nitrogens with one attached hydrogen (secondary N) is 2. The Bertz CT molecular complexity index is 757. The third-order valence-electron chi connectivity index (χ3n) is 2.90. The predicted octanol–water partition coefficient (Wildman–Crippen LogP) is -0.675. The van der Waals surface area contributed by atoms with Gasteiger partial charge in [-0.3, -0.25) is 14.6 Å². The minimum atomic E-state index is -1.27. The number of carbonyl (C=O) groups is 3. The molecule has 0 atom stereocenters. The molecule has 0 saturated heterocycles. The second-order valence-corrected chi connectivity index (χ2v) is 4.62. The number of carboxylic acid groups (broad SMARTS) is 1. The Morgan fingerprint density at radius 3 is 2.33 bits per heavy atom. The summed E-state index contributed by atoms with van der Waals surface area (Å²) in [5.74, 6) is -2.16. The topological polar surface area (TPSA) is 124 Å². The number of pyridine rings is 1. The summed E-state index contributed by atoms with van der Waals surface area (Å²) in [6, 6.07) is 8.84. The van der Waals surface area contributed by atoms with Gasteiger partial charge < -0.3 is 15.2 Å². The second-order valence-electron chi connectivity index (χ2n) is 4.62. The molecule has 1 aromatic carbocycles. The van der Waals surface area contributed by atoms with Crippen LogP contribution in [0.1, 0.15) is 26.3 Å². The van der Waals surface area contributed by atoms with Gasteiger partial charge in [-0.15, -0.1) is 0 Å². The van der Waals surface area contributed by atoms with Crippen LogP contribution in [0.15, 0.2) is 53.9 Å². The van der Waals surface area contributed by atoms with Crippen LogP contribution >= 0.6 is 0 Å². The van der Waals surface area contributed by atoms with Gasteiger partial charge in [0.15, 0.2) is 0 Å². The van der Waals surface area contributed by atoms with E-state index in [4.69, 9.17) is 0 Å². The van der Waals surface area contributed by atoms with Crippen molar-refractivity contribution in [3.63, 3.8) is 0 Å². The van der Waals surface area contributed by atoms with Gasteiger partial charge >= 0.3 is 0 Å². The van der Waals surface area contributed by atoms with E-state index in [2.05, 4.69) is 20.8 Å². The summed E-state index contributed by atoms with van der Waals surface area (Å²) in [5, 5.41) is 16.8. The average molecular weight is 325 g/mol. The van der Waals surface area contributed by atoms with Crippen molar-refractivity contribution < 1.29 is 19.5 Å². The maximum atomic E-state index is 11.7. The molecule has 8 nitrogen and oxygen atoms in total. The summed E-state index contributed by atoms with van der Waals surface area (Å²) < 4.78 is 0. The van der Waals surface area contributed by atoms with Gasteiger partial charge in [-0.05, 0) is 23.3 Å². The van der Waals surface area contributed by atoms with Crippen LogP contribution in [0.4, 0.5) is 0 Å². The van der Waals surface area contributed by atoms with Crippen molar-refractivity contribution in [1.29, 1.82) is 0 Å². The number of carboxylic acids is 1. The molecule has 8 heteroatoms. The van der Waals surface area contributed by atoms with Crippen molar-refractivity contribution in [1.82, 2.24) is 15.7 Å². The van der Waals surface area contributed by atoms with Crippen LogP contribution < -0.4 is 15.8 Å². The summed E-state index contributed by atoms with van der Waals surface area (Å²) in [5.41, 5.74) is 3.30. The van der Waals surface area contributed by atoms with E-state index in [-0.39, 0.29) is 12.1 Å². The summed E-state index contributed by atoms with van der Waals surface area (Å²) in [6.45, 7) is -0.234. The Balaban J connectivity index is 1.78. The minimum Gasteiger partial charge on any atom is -0.545 e. The number of nitrogens with zero attached hydrogens (tertiary/aromatic N) is 2. The molecule has 0 saturated carbocycles. The van der Waals surface area contributed by atoms with Gasteiger partial charge in [0, 0.05) is 18.0 Å². The molecule has 24 heavy (non-hydrogen) atoms. The van der Waals surface area contributed by atoms with Crippen molar-refractivity contribution in [3.8, 4) is 0 Å². The van der Waals surface area contributed by atoms with Gasteiger partial charge in [0.1, 0.15) is 0 Å².